The van der Waals surface area contributed by atoms with E-state index in [1.165, 1.54) is 76.4 Å². The fourth-order valence-electron chi connectivity index (χ4n) is 15.5. The molecule has 0 amide bonds. The molecule has 0 bridgehead atoms. The van der Waals surface area contributed by atoms with Gasteiger partial charge in [-0.3, -0.25) is 4.90 Å². The SMILES string of the molecule is c1ccc(-c2cc3c4c(n2)N(c2ccccc2)c2cc5c(cc2B4c2cc4c(cc2N3c2ccccc2)Oc2cccc3c2B4c2cccc4c6ccccc6n-3c24)B2c3c(cccc3-n3c4ccccc4c4cccc2c43)O5)cc1. The Morgan fingerprint density at radius 2 is 0.765 bits per heavy atom. The lowest BCUT2D eigenvalue weighted by atomic mass is 9.29. The quantitative estimate of drug-likeness (QED) is 0.165. The van der Waals surface area contributed by atoms with Crippen molar-refractivity contribution in [1.29, 1.82) is 0 Å². The second-order valence-corrected chi connectivity index (χ2v) is 22.4. The molecular weight excluding hydrogens is 987 g/mol. The molecule has 10 heteroatoms. The molecule has 7 nitrogen and oxygen atoms in total. The Hall–Kier alpha value is -10.4. The van der Waals surface area contributed by atoms with Gasteiger partial charge in [-0.25, -0.2) is 4.98 Å². The Morgan fingerprint density at radius 3 is 1.32 bits per heavy atom. The van der Waals surface area contributed by atoms with E-state index in [0.717, 1.165) is 96.3 Å². The highest BCUT2D eigenvalue weighted by atomic mass is 16.5. The zero-order valence-corrected chi connectivity index (χ0v) is 43.4. The maximum Gasteiger partial charge on any atom is 0.256 e. The van der Waals surface area contributed by atoms with Crippen molar-refractivity contribution in [3.8, 4) is 45.6 Å². The number of para-hydroxylation sites is 6. The lowest BCUT2D eigenvalue weighted by Crippen LogP contribution is -2.65. The first-order chi connectivity index (χ1) is 40.2. The van der Waals surface area contributed by atoms with Crippen molar-refractivity contribution in [3.63, 3.8) is 0 Å². The summed E-state index contributed by atoms with van der Waals surface area (Å²) in [5, 5.41) is 5.03. The van der Waals surface area contributed by atoms with Crippen LogP contribution in [0.25, 0.3) is 66.2 Å². The standard InChI is InChI=1S/C71H40B3N5O2/c1-4-18-41(19-5-1)54-38-61-68-71(75-54)77(43-22-8-3-9-23-43)60-40-65-53(73-49-29-15-27-47-45-25-11-13-31-56(45)79(70(47)49)58-33-17-35-63(81-65)67(58)73)37-51(60)74(68)50-36-52-64(39-59(50)76(61)42-20-6-2-7-21-42)80-62-34-16-32-57-66(62)72(52)48-28-14-26-46-44-24-10-12-30-55(44)78(57)69(46)48/h1-40H. The van der Waals surface area contributed by atoms with Gasteiger partial charge in [0.05, 0.1) is 16.7 Å². The number of benzene rings is 11. The minimum Gasteiger partial charge on any atom is -0.458 e. The first kappa shape index (κ1) is 42.6. The third-order valence-corrected chi connectivity index (χ3v) is 18.6. The molecule has 0 unspecified atom stereocenters. The molecule has 11 aromatic carbocycles. The number of nitrogens with zero attached hydrogens (tertiary/aromatic N) is 5. The number of pyridine rings is 1. The molecule has 0 aliphatic carbocycles. The average molecular weight is 1030 g/mol. The van der Waals surface area contributed by atoms with Crippen LogP contribution >= 0.6 is 0 Å². The fraction of sp³-hybridized carbons (Fsp3) is 0. The molecule has 0 atom stereocenters. The summed E-state index contributed by atoms with van der Waals surface area (Å²) >= 11 is 0. The molecule has 6 aliphatic heterocycles. The summed E-state index contributed by atoms with van der Waals surface area (Å²) in [6, 6.07) is 89.1. The molecule has 0 spiro atoms. The molecule has 0 N–H and O–H groups in total. The highest BCUT2D eigenvalue weighted by Gasteiger charge is 2.50. The second-order valence-electron chi connectivity index (χ2n) is 22.4. The molecule has 6 aliphatic rings. The van der Waals surface area contributed by atoms with Crippen molar-refractivity contribution < 1.29 is 9.47 Å². The molecule has 9 heterocycles. The van der Waals surface area contributed by atoms with Crippen molar-refractivity contribution in [2.24, 2.45) is 0 Å². The number of rotatable bonds is 3. The minimum atomic E-state index is -0.266. The molecule has 0 saturated heterocycles. The van der Waals surface area contributed by atoms with Gasteiger partial charge in [0, 0.05) is 90.1 Å². The maximum atomic E-state index is 7.36. The third kappa shape index (κ3) is 5.35. The molecule has 20 rings (SSSR count). The van der Waals surface area contributed by atoms with Gasteiger partial charge < -0.3 is 23.5 Å². The van der Waals surface area contributed by atoms with Crippen molar-refractivity contribution in [2.45, 2.75) is 0 Å². The summed E-state index contributed by atoms with van der Waals surface area (Å²) in [6.07, 6.45) is 0. The molecule has 0 saturated carbocycles. The fourth-order valence-corrected chi connectivity index (χ4v) is 15.5. The van der Waals surface area contributed by atoms with Crippen LogP contribution < -0.4 is 68.4 Å². The van der Waals surface area contributed by atoms with Gasteiger partial charge in [-0.2, -0.15) is 0 Å². The van der Waals surface area contributed by atoms with E-state index in [1.807, 2.05) is 0 Å². The van der Waals surface area contributed by atoms with Gasteiger partial charge in [-0.1, -0.05) is 164 Å². The number of fused-ring (bicyclic) bond motifs is 18. The van der Waals surface area contributed by atoms with Crippen LogP contribution in [0.2, 0.25) is 0 Å². The maximum absolute atomic E-state index is 7.36. The Balaban J connectivity index is 0.909. The van der Waals surface area contributed by atoms with Gasteiger partial charge in [0.1, 0.15) is 28.8 Å². The van der Waals surface area contributed by atoms with E-state index in [0.29, 0.717) is 0 Å². The predicted molar refractivity (Wildman–Crippen MR) is 335 cm³/mol. The third-order valence-electron chi connectivity index (χ3n) is 18.6. The van der Waals surface area contributed by atoms with E-state index in [9.17, 15) is 0 Å². The van der Waals surface area contributed by atoms with E-state index in [4.69, 9.17) is 14.5 Å². The Bertz CT molecular complexity index is 4880. The van der Waals surface area contributed by atoms with Crippen LogP contribution in [-0.2, 0) is 0 Å². The van der Waals surface area contributed by atoms with Gasteiger partial charge in [-0.05, 0) is 116 Å². The topological polar surface area (TPSA) is 47.7 Å². The summed E-state index contributed by atoms with van der Waals surface area (Å²) < 4.78 is 19.7. The van der Waals surface area contributed by atoms with Crippen LogP contribution in [0.4, 0.5) is 34.3 Å². The number of hydrogen-bond acceptors (Lipinski definition) is 5. The lowest BCUT2D eigenvalue weighted by Gasteiger charge is -2.45. The van der Waals surface area contributed by atoms with Gasteiger partial charge in [0.25, 0.3) is 20.1 Å². The van der Waals surface area contributed by atoms with Gasteiger partial charge >= 0.3 is 0 Å². The van der Waals surface area contributed by atoms with Crippen molar-refractivity contribution in [1.82, 2.24) is 14.1 Å². The number of aromatic nitrogens is 3. The molecule has 3 aromatic heterocycles. The highest BCUT2D eigenvalue weighted by Crippen LogP contribution is 2.48. The van der Waals surface area contributed by atoms with Crippen molar-refractivity contribution in [2.75, 3.05) is 9.80 Å². The van der Waals surface area contributed by atoms with Crippen LogP contribution in [0.15, 0.2) is 243 Å². The number of ether oxygens (including phenoxy) is 2. The van der Waals surface area contributed by atoms with Crippen molar-refractivity contribution in [3.05, 3.63) is 243 Å². The molecule has 81 heavy (non-hydrogen) atoms. The smallest absolute Gasteiger partial charge is 0.256 e. The van der Waals surface area contributed by atoms with Gasteiger partial charge in [0.15, 0.2) is 0 Å². The van der Waals surface area contributed by atoms with Crippen molar-refractivity contribution >= 4 is 147 Å². The normalized spacial score (nSPS) is 14.0. The Morgan fingerprint density at radius 1 is 0.309 bits per heavy atom. The first-order valence-electron chi connectivity index (χ1n) is 28.0. The van der Waals surface area contributed by atoms with Crippen LogP contribution in [0.1, 0.15) is 0 Å². The Labute approximate surface area is 466 Å². The minimum absolute atomic E-state index is 0.0967. The molecule has 370 valence electrons. The highest BCUT2D eigenvalue weighted by molar-refractivity contribution is 7.04. The van der Waals surface area contributed by atoms with Gasteiger partial charge in [-0.15, -0.1) is 0 Å². The summed E-state index contributed by atoms with van der Waals surface area (Å²) in [5.74, 6) is 4.38. The van der Waals surface area contributed by atoms with Gasteiger partial charge in [0.2, 0.25) is 0 Å². The summed E-state index contributed by atoms with van der Waals surface area (Å²) in [4.78, 5) is 10.8. The second kappa shape index (κ2) is 15.2. The summed E-state index contributed by atoms with van der Waals surface area (Å²) in [6.45, 7) is -0.459. The summed E-state index contributed by atoms with van der Waals surface area (Å²) in [5.41, 5.74) is 25.2. The van der Waals surface area contributed by atoms with Crippen LogP contribution in [0.3, 0.4) is 0 Å². The number of hydrogen-bond donors (Lipinski definition) is 0. The molecular formula is C71H40B3N5O2. The van der Waals surface area contributed by atoms with Crippen LogP contribution in [0.5, 0.6) is 23.0 Å². The van der Waals surface area contributed by atoms with E-state index in [-0.39, 0.29) is 20.1 Å². The van der Waals surface area contributed by atoms with E-state index < -0.39 is 0 Å². The molecule has 14 aromatic rings. The van der Waals surface area contributed by atoms with E-state index >= 15 is 0 Å². The summed E-state index contributed by atoms with van der Waals surface area (Å²) in [7, 11) is 0. The Kier molecular flexibility index (Phi) is 8.00. The predicted octanol–water partition coefficient (Wildman–Crippen LogP) is 10.9. The lowest BCUT2D eigenvalue weighted by molar-refractivity contribution is 0.487. The number of anilines is 6. The molecule has 0 radical (unpaired) electrons. The zero-order valence-electron chi connectivity index (χ0n) is 43.4. The zero-order chi connectivity index (χ0) is 52.3. The average Bonchev–Trinajstić information content (AvgIpc) is 3.53. The van der Waals surface area contributed by atoms with E-state index in [2.05, 4.69) is 262 Å². The van der Waals surface area contributed by atoms with Crippen LogP contribution in [0, 0.1) is 0 Å². The molecule has 0 fully saturated rings. The van der Waals surface area contributed by atoms with E-state index in [1.54, 1.807) is 0 Å². The monoisotopic (exact) mass is 1030 g/mol. The largest absolute Gasteiger partial charge is 0.458 e. The first-order valence-corrected chi connectivity index (χ1v) is 28.0. The van der Waals surface area contributed by atoms with Crippen LogP contribution in [-0.4, -0.2) is 34.3 Å².